The summed E-state index contributed by atoms with van der Waals surface area (Å²) in [6.07, 6.45) is 5.39. The molecule has 5 nitrogen and oxygen atoms in total. The quantitative estimate of drug-likeness (QED) is 0.118. The average Bonchev–Trinajstić information content (AvgIpc) is 1.64. The number of aromatic nitrogens is 4. The number of fused-ring (bicyclic) bond motifs is 10. The van der Waals surface area contributed by atoms with Crippen molar-refractivity contribution in [3.63, 3.8) is 0 Å². The molecule has 13 aromatic rings. The number of hydrogen-bond acceptors (Lipinski definition) is 2. The van der Waals surface area contributed by atoms with E-state index in [1.54, 1.807) is 57.8 Å². The fraction of sp³-hybridized carbons (Fsp3) is 0.108. The molecule has 6 heteroatoms. The van der Waals surface area contributed by atoms with Gasteiger partial charge in [0.25, 0.3) is 6.33 Å². The molecule has 1 aliphatic heterocycles. The summed E-state index contributed by atoms with van der Waals surface area (Å²) in [7, 11) is 0. The monoisotopic (exact) mass is 1230 g/mol. The zero-order valence-electron chi connectivity index (χ0n) is 60.3. The van der Waals surface area contributed by atoms with Gasteiger partial charge in [0.05, 0.1) is 23.6 Å². The topological polar surface area (TPSA) is 35.9 Å². The first kappa shape index (κ1) is 34.9. The minimum Gasteiger partial charge on any atom is -0.510 e. The first-order valence-electron chi connectivity index (χ1n) is 34.3. The molecule has 4 heterocycles. The molecular weight excluding hydrogens is 1160 g/mol. The van der Waals surface area contributed by atoms with Gasteiger partial charge in [0.2, 0.25) is 0 Å². The molecule has 390 valence electrons. The smallest absolute Gasteiger partial charge is 0.268 e. The van der Waals surface area contributed by atoms with Gasteiger partial charge >= 0.3 is 0 Å². The third-order valence-corrected chi connectivity index (χ3v) is 14.9. The van der Waals surface area contributed by atoms with E-state index in [1.807, 2.05) is 89.5 Å². The van der Waals surface area contributed by atoms with E-state index in [-0.39, 0.29) is 110 Å². The van der Waals surface area contributed by atoms with Crippen molar-refractivity contribution in [2.75, 3.05) is 0 Å². The Bertz CT molecular complexity index is 5310. The largest absolute Gasteiger partial charge is 0.510 e. The van der Waals surface area contributed by atoms with Crippen molar-refractivity contribution < 1.29 is 53.7 Å². The van der Waals surface area contributed by atoms with E-state index in [1.165, 1.54) is 42.5 Å². The van der Waals surface area contributed by atoms with Gasteiger partial charge in [-0.2, -0.15) is 18.2 Å². The molecule has 0 bridgehead atoms. The number of ether oxygens (including phenoxy) is 1. The summed E-state index contributed by atoms with van der Waals surface area (Å²) in [4.78, 5) is 4.84. The molecule has 0 unspecified atom stereocenters. The van der Waals surface area contributed by atoms with Crippen molar-refractivity contribution in [2.24, 2.45) is 0 Å². The van der Waals surface area contributed by atoms with Crippen molar-refractivity contribution in [3.8, 4) is 95.5 Å². The van der Waals surface area contributed by atoms with Crippen LogP contribution in [-0.2, 0) is 26.5 Å². The zero-order chi connectivity index (χ0) is 68.0. The second kappa shape index (κ2) is 19.8. The Hall–Kier alpha value is -8.89. The maximum atomic E-state index is 9.39. The van der Waals surface area contributed by atoms with Gasteiger partial charge in [0, 0.05) is 60.7 Å². The second-order valence-electron chi connectivity index (χ2n) is 20.7. The van der Waals surface area contributed by atoms with Crippen LogP contribution in [0.1, 0.15) is 71.9 Å². The van der Waals surface area contributed by atoms with E-state index in [0.717, 1.165) is 21.9 Å². The number of pyridine rings is 1. The van der Waals surface area contributed by atoms with E-state index in [4.69, 9.17) is 30.3 Å². The van der Waals surface area contributed by atoms with Gasteiger partial charge in [-0.15, -0.1) is 29.7 Å². The van der Waals surface area contributed by atoms with Gasteiger partial charge in [-0.25, -0.2) is 4.98 Å². The number of aryl methyl sites for hydroxylation is 4. The summed E-state index contributed by atoms with van der Waals surface area (Å²) >= 11 is 0. The van der Waals surface area contributed by atoms with Crippen LogP contribution in [0.2, 0.25) is 0 Å². The second-order valence-corrected chi connectivity index (χ2v) is 20.7. The summed E-state index contributed by atoms with van der Waals surface area (Å²) in [5, 5.41) is 1.87. The summed E-state index contributed by atoms with van der Waals surface area (Å²) in [6, 6.07) is 54.4. The van der Waals surface area contributed by atoms with E-state index < -0.39 is 57.6 Å². The summed E-state index contributed by atoms with van der Waals surface area (Å²) in [6.45, 7) is -5.45. The Kier molecular flexibility index (Phi) is 8.62. The van der Waals surface area contributed by atoms with Crippen LogP contribution in [0.15, 0.2) is 212 Å². The molecule has 0 saturated heterocycles. The number of benzene rings is 10. The molecule has 80 heavy (non-hydrogen) atoms. The Labute approximate surface area is 506 Å². The number of rotatable bonds is 7. The normalized spacial score (nSPS) is 15.6. The number of imidazole rings is 1. The maximum absolute atomic E-state index is 9.39. The average molecular weight is 1230 g/mol. The number of para-hydroxylation sites is 1. The molecule has 3 aromatic heterocycles. The van der Waals surface area contributed by atoms with Gasteiger partial charge in [0.1, 0.15) is 5.82 Å². The molecule has 0 saturated carbocycles. The van der Waals surface area contributed by atoms with Gasteiger partial charge < -0.3 is 13.9 Å². The Morgan fingerprint density at radius 1 is 0.525 bits per heavy atom. The zero-order valence-corrected chi connectivity index (χ0v) is 45.6. The van der Waals surface area contributed by atoms with E-state index in [9.17, 15) is 2.74 Å². The molecule has 1 aliphatic rings. The molecule has 0 atom stereocenters. The van der Waals surface area contributed by atoms with Gasteiger partial charge in [-0.05, 0) is 175 Å². The van der Waals surface area contributed by atoms with Crippen LogP contribution in [0.3, 0.4) is 0 Å². The van der Waals surface area contributed by atoms with E-state index in [2.05, 4.69) is 45.3 Å². The van der Waals surface area contributed by atoms with Crippen molar-refractivity contribution in [2.45, 2.75) is 53.6 Å². The Morgan fingerprint density at radius 3 is 1.84 bits per heavy atom. The predicted octanol–water partition coefficient (Wildman–Crippen LogP) is 18.4. The van der Waals surface area contributed by atoms with Crippen molar-refractivity contribution in [1.82, 2.24) is 14.1 Å². The molecule has 0 amide bonds. The van der Waals surface area contributed by atoms with Crippen LogP contribution in [0.5, 0.6) is 11.5 Å². The summed E-state index contributed by atoms with van der Waals surface area (Å²) in [5.41, 5.74) is 4.48. The van der Waals surface area contributed by atoms with Gasteiger partial charge in [-0.1, -0.05) is 166 Å². The molecule has 0 fully saturated rings. The minimum atomic E-state index is -3.01. The summed E-state index contributed by atoms with van der Waals surface area (Å²) < 4.78 is 165. The first-order chi connectivity index (χ1) is 45.4. The molecule has 14 rings (SSSR count). The molecule has 10 aromatic carbocycles. The van der Waals surface area contributed by atoms with Gasteiger partial charge in [-0.3, -0.25) is 4.57 Å². The fourth-order valence-electron chi connectivity index (χ4n) is 11.3. The fourth-order valence-corrected chi connectivity index (χ4v) is 11.3. The molecular formula is C74H56N4OPt-2. The standard InChI is InChI=1S/C74H56N4O.Pt/c1-46-20-17-21-47(2)70(46)52-39-63-59-30-13-11-28-57(59)58-29-12-14-31-60(58)64-38-51(50-24-9-8-10-25-50)41-68-73(64)77(72(63)65(40-52)71-48(3)22-18-23-49(71)4)45-76(68)54-26-19-27-55(43-54)79-56-34-35-62-61-32-15-16-33-66(61)78(67(62)44-56)69-42-53(36-37-75-69)74(5,6)7;/h8-42H,1-7H3;/q-2;/i1D3,2D3,3D3,4D3,8D,9D,10D,24D,25D;. The predicted molar refractivity (Wildman–Crippen MR) is 324 cm³/mol. The van der Waals surface area contributed by atoms with Crippen molar-refractivity contribution >= 4 is 32.8 Å². The third-order valence-electron chi connectivity index (χ3n) is 14.9. The minimum absolute atomic E-state index is 0. The Balaban J connectivity index is 0.00000849. The molecule has 0 radical (unpaired) electrons. The molecule has 0 spiro atoms. The first-order valence-corrected chi connectivity index (χ1v) is 25.8. The van der Waals surface area contributed by atoms with Crippen molar-refractivity contribution in [3.05, 3.63) is 259 Å². The third kappa shape index (κ3) is 8.42. The van der Waals surface area contributed by atoms with Crippen molar-refractivity contribution in [1.29, 1.82) is 0 Å². The number of nitrogens with zero attached hydrogens (tertiary/aromatic N) is 4. The van der Waals surface area contributed by atoms with Crippen LogP contribution in [0.4, 0.5) is 0 Å². The van der Waals surface area contributed by atoms with Crippen LogP contribution >= 0.6 is 0 Å². The van der Waals surface area contributed by atoms with Crippen LogP contribution in [0, 0.1) is 45.9 Å². The van der Waals surface area contributed by atoms with Crippen LogP contribution < -0.4 is 9.30 Å². The van der Waals surface area contributed by atoms with E-state index in [0.29, 0.717) is 50.4 Å². The van der Waals surface area contributed by atoms with Crippen LogP contribution in [0.25, 0.3) is 117 Å². The number of hydrogen-bond donors (Lipinski definition) is 0. The van der Waals surface area contributed by atoms with E-state index >= 15 is 0 Å². The summed E-state index contributed by atoms with van der Waals surface area (Å²) in [5.74, 6) is 1.21. The maximum Gasteiger partial charge on any atom is 0.268 e. The molecule has 0 N–H and O–H groups in total. The van der Waals surface area contributed by atoms with Gasteiger partial charge in [0.15, 0.2) is 0 Å². The SMILES string of the molecule is [2H]c1c([2H])c([2H])c(-c2cc3c4c(c2)n(-c2[c-]c(Oc5[c-]c6c(cc5)c5ccccc5n6-c5cc(C(C)(C)C)ccn5)ccc2)[c-][n+]4-c2c(cc(-c4c(C([2H])([2H])[2H])cccc4C([2H])([2H])[2H])cc2-c2c(C([2H])([2H])[2H])cccc2C([2H])([2H])[2H])-c2ccccc2-c2ccccc2-3)c([2H])c1[2H].[Pt]. The molecule has 0 aliphatic carbocycles. The van der Waals surface area contributed by atoms with Crippen LogP contribution in [-0.4, -0.2) is 14.1 Å². The Morgan fingerprint density at radius 2 is 1.14 bits per heavy atom.